The summed E-state index contributed by atoms with van der Waals surface area (Å²) in [4.78, 5) is 25.0. The van der Waals surface area contributed by atoms with Crippen molar-refractivity contribution in [1.29, 1.82) is 0 Å². The number of nitrogens with zero attached hydrogens (tertiary/aromatic N) is 3. The average molecular weight is 404 g/mol. The molecule has 0 spiro atoms. The number of benzene rings is 1. The van der Waals surface area contributed by atoms with E-state index in [4.69, 9.17) is 9.72 Å². The second-order valence-corrected chi connectivity index (χ2v) is 8.39. The van der Waals surface area contributed by atoms with Crippen LogP contribution in [0, 0.1) is 0 Å². The van der Waals surface area contributed by atoms with Crippen LogP contribution in [0.4, 0.5) is 0 Å². The van der Waals surface area contributed by atoms with Gasteiger partial charge in [-0.2, -0.15) is 0 Å². The molecular formula is C23H21N3O2S. The van der Waals surface area contributed by atoms with Crippen molar-refractivity contribution in [2.75, 3.05) is 7.11 Å². The van der Waals surface area contributed by atoms with Crippen molar-refractivity contribution in [1.82, 2.24) is 14.5 Å². The van der Waals surface area contributed by atoms with Gasteiger partial charge in [-0.15, -0.1) is 11.3 Å². The molecule has 1 aliphatic carbocycles. The smallest absolute Gasteiger partial charge is 0.263 e. The number of hydrogen-bond donors (Lipinski definition) is 0. The first kappa shape index (κ1) is 18.1. The largest absolute Gasteiger partial charge is 0.497 e. The summed E-state index contributed by atoms with van der Waals surface area (Å²) in [5, 5.41) is 0.811. The van der Waals surface area contributed by atoms with Gasteiger partial charge in [0.1, 0.15) is 16.4 Å². The number of fused-ring (bicyclic) bond motifs is 3. The number of rotatable bonds is 4. The molecule has 3 heterocycles. The van der Waals surface area contributed by atoms with Crippen molar-refractivity contribution in [3.05, 3.63) is 75.1 Å². The number of methoxy groups -OCH3 is 1. The van der Waals surface area contributed by atoms with Crippen molar-refractivity contribution in [3.8, 4) is 17.1 Å². The lowest BCUT2D eigenvalue weighted by molar-refractivity contribution is 0.415. The Morgan fingerprint density at radius 1 is 1.14 bits per heavy atom. The Morgan fingerprint density at radius 2 is 1.97 bits per heavy atom. The predicted octanol–water partition coefficient (Wildman–Crippen LogP) is 4.46. The molecule has 0 radical (unpaired) electrons. The highest BCUT2D eigenvalue weighted by molar-refractivity contribution is 7.18. The summed E-state index contributed by atoms with van der Waals surface area (Å²) >= 11 is 1.68. The van der Waals surface area contributed by atoms with Crippen molar-refractivity contribution < 1.29 is 4.74 Å². The molecule has 1 aromatic carbocycles. The second kappa shape index (κ2) is 7.44. The first-order chi connectivity index (χ1) is 14.2. The average Bonchev–Trinajstić information content (AvgIpc) is 3.15. The molecule has 6 heteroatoms. The first-order valence-corrected chi connectivity index (χ1v) is 10.6. The number of thiophene rings is 1. The quantitative estimate of drug-likeness (QED) is 0.505. The Bertz CT molecular complexity index is 1240. The zero-order valence-corrected chi connectivity index (χ0v) is 17.0. The van der Waals surface area contributed by atoms with Gasteiger partial charge < -0.3 is 4.74 Å². The maximum Gasteiger partial charge on any atom is 0.263 e. The van der Waals surface area contributed by atoms with Gasteiger partial charge in [0.25, 0.3) is 5.56 Å². The molecule has 0 amide bonds. The summed E-state index contributed by atoms with van der Waals surface area (Å²) in [6, 6.07) is 11.6. The van der Waals surface area contributed by atoms with Crippen LogP contribution in [0.2, 0.25) is 0 Å². The summed E-state index contributed by atoms with van der Waals surface area (Å²) in [6.45, 7) is 0.460. The fourth-order valence-corrected chi connectivity index (χ4v) is 5.29. The molecule has 0 bridgehead atoms. The maximum absolute atomic E-state index is 13.7. The Labute approximate surface area is 172 Å². The van der Waals surface area contributed by atoms with Crippen molar-refractivity contribution in [2.24, 2.45) is 0 Å². The molecule has 5 rings (SSSR count). The molecule has 0 fully saturated rings. The van der Waals surface area contributed by atoms with E-state index in [9.17, 15) is 4.79 Å². The van der Waals surface area contributed by atoms with E-state index in [1.165, 1.54) is 16.9 Å². The highest BCUT2D eigenvalue weighted by Crippen LogP contribution is 2.35. The van der Waals surface area contributed by atoms with Crippen molar-refractivity contribution in [3.63, 3.8) is 0 Å². The van der Waals surface area contributed by atoms with E-state index in [2.05, 4.69) is 4.98 Å². The highest BCUT2D eigenvalue weighted by Gasteiger charge is 2.22. The molecule has 146 valence electrons. The molecule has 0 N–H and O–H groups in total. The van der Waals surface area contributed by atoms with Gasteiger partial charge in [0.05, 0.1) is 19.0 Å². The van der Waals surface area contributed by atoms with Gasteiger partial charge >= 0.3 is 0 Å². The van der Waals surface area contributed by atoms with Gasteiger partial charge in [0.15, 0.2) is 0 Å². The Morgan fingerprint density at radius 3 is 2.79 bits per heavy atom. The minimum absolute atomic E-state index is 0.0454. The molecule has 4 aromatic rings. The molecule has 5 nitrogen and oxygen atoms in total. The Kier molecular flexibility index (Phi) is 4.64. The molecule has 0 unspecified atom stereocenters. The zero-order valence-electron chi connectivity index (χ0n) is 16.2. The molecule has 3 aromatic heterocycles. The van der Waals surface area contributed by atoms with E-state index >= 15 is 0 Å². The van der Waals surface area contributed by atoms with Crippen molar-refractivity contribution >= 4 is 21.6 Å². The second-order valence-electron chi connectivity index (χ2n) is 7.31. The standard InChI is InChI=1S/C23H21N3O2S/c1-28-17-6-4-5-16(13-17)21-25-22-20(18-7-2-3-8-19(18)29-22)23(27)26(21)14-15-9-11-24-12-10-15/h4-6,9-13H,2-3,7-8,14H2,1H3. The van der Waals surface area contributed by atoms with Crippen LogP contribution in [0.5, 0.6) is 5.75 Å². The topological polar surface area (TPSA) is 57.0 Å². The van der Waals surface area contributed by atoms with Gasteiger partial charge in [-0.3, -0.25) is 14.3 Å². The molecule has 1 aliphatic rings. The van der Waals surface area contributed by atoms with E-state index in [1.807, 2.05) is 36.4 Å². The summed E-state index contributed by atoms with van der Waals surface area (Å²) in [7, 11) is 1.65. The van der Waals surface area contributed by atoms with E-state index < -0.39 is 0 Å². The van der Waals surface area contributed by atoms with Crippen LogP contribution in [0.1, 0.15) is 28.8 Å². The van der Waals surface area contributed by atoms with Gasteiger partial charge in [-0.05, 0) is 61.1 Å². The molecule has 0 saturated heterocycles. The number of aromatic nitrogens is 3. The van der Waals surface area contributed by atoms with Crippen LogP contribution in [0.25, 0.3) is 21.6 Å². The van der Waals surface area contributed by atoms with Crippen LogP contribution in [-0.2, 0) is 19.4 Å². The highest BCUT2D eigenvalue weighted by atomic mass is 32.1. The van der Waals surface area contributed by atoms with E-state index in [0.29, 0.717) is 12.4 Å². The normalized spacial score (nSPS) is 13.4. The van der Waals surface area contributed by atoms with E-state index in [1.54, 1.807) is 35.4 Å². The number of pyridine rings is 1. The van der Waals surface area contributed by atoms with Crippen LogP contribution in [0.3, 0.4) is 0 Å². The lowest BCUT2D eigenvalue weighted by Crippen LogP contribution is -2.24. The summed E-state index contributed by atoms with van der Waals surface area (Å²) in [5.74, 6) is 1.43. The summed E-state index contributed by atoms with van der Waals surface area (Å²) in [5.41, 5.74) is 3.17. The van der Waals surface area contributed by atoms with Gasteiger partial charge in [0, 0.05) is 22.8 Å². The lowest BCUT2D eigenvalue weighted by atomic mass is 9.97. The number of aryl methyl sites for hydroxylation is 2. The van der Waals surface area contributed by atoms with Crippen molar-refractivity contribution in [2.45, 2.75) is 32.2 Å². The predicted molar refractivity (Wildman–Crippen MR) is 116 cm³/mol. The first-order valence-electron chi connectivity index (χ1n) is 9.83. The van der Waals surface area contributed by atoms with Crippen LogP contribution < -0.4 is 10.3 Å². The summed E-state index contributed by atoms with van der Waals surface area (Å²) < 4.78 is 7.20. The molecule has 29 heavy (non-hydrogen) atoms. The monoisotopic (exact) mass is 403 g/mol. The number of hydrogen-bond acceptors (Lipinski definition) is 5. The fraction of sp³-hybridized carbons (Fsp3) is 0.261. The fourth-order valence-electron chi connectivity index (χ4n) is 4.04. The third-order valence-electron chi connectivity index (χ3n) is 5.49. The third kappa shape index (κ3) is 3.23. The lowest BCUT2D eigenvalue weighted by Gasteiger charge is -2.14. The van der Waals surface area contributed by atoms with Gasteiger partial charge in [0.2, 0.25) is 0 Å². The van der Waals surface area contributed by atoms with E-state index in [0.717, 1.165) is 46.4 Å². The molecule has 0 aliphatic heterocycles. The minimum atomic E-state index is 0.0454. The molecule has 0 saturated carbocycles. The van der Waals surface area contributed by atoms with E-state index in [-0.39, 0.29) is 5.56 Å². The number of ether oxygens (including phenoxy) is 1. The Hall–Kier alpha value is -2.99. The Balaban J connectivity index is 1.77. The SMILES string of the molecule is COc1cccc(-c2nc3sc4c(c3c(=O)n2Cc2ccncc2)CCCC4)c1. The summed E-state index contributed by atoms with van der Waals surface area (Å²) in [6.07, 6.45) is 7.86. The maximum atomic E-state index is 13.7. The van der Waals surface area contributed by atoms with Crippen LogP contribution >= 0.6 is 11.3 Å². The molecular weight excluding hydrogens is 382 g/mol. The van der Waals surface area contributed by atoms with Gasteiger partial charge in [-0.1, -0.05) is 12.1 Å². The van der Waals surface area contributed by atoms with Gasteiger partial charge in [-0.25, -0.2) is 4.98 Å². The third-order valence-corrected chi connectivity index (χ3v) is 6.68. The minimum Gasteiger partial charge on any atom is -0.497 e. The molecule has 0 atom stereocenters. The zero-order chi connectivity index (χ0) is 19.8. The van der Waals surface area contributed by atoms with Crippen LogP contribution in [-0.4, -0.2) is 21.6 Å². The van der Waals surface area contributed by atoms with Crippen LogP contribution in [0.15, 0.2) is 53.6 Å².